The second-order valence-corrected chi connectivity index (χ2v) is 2.65. The summed E-state index contributed by atoms with van der Waals surface area (Å²) in [6.07, 6.45) is 0. The van der Waals surface area contributed by atoms with E-state index in [1.807, 2.05) is 18.2 Å². The van der Waals surface area contributed by atoms with Gasteiger partial charge in [0.05, 0.1) is 5.88 Å². The third kappa shape index (κ3) is 2.84. The van der Waals surface area contributed by atoms with Gasteiger partial charge in [-0.2, -0.15) is 0 Å². The number of benzene rings is 1. The predicted molar refractivity (Wildman–Crippen MR) is 49.1 cm³/mol. The Morgan fingerprint density at radius 3 is 2.82 bits per heavy atom. The van der Waals surface area contributed by atoms with Crippen LogP contribution in [0.3, 0.4) is 0 Å². The molecule has 0 aliphatic heterocycles. The normalized spacial score (nSPS) is 8.55. The highest BCUT2D eigenvalue weighted by Crippen LogP contribution is 2.09. The molecule has 0 aliphatic rings. The summed E-state index contributed by atoms with van der Waals surface area (Å²) in [5.41, 5.74) is 0.901. The van der Waals surface area contributed by atoms with Gasteiger partial charge in [-0.05, 0) is 18.2 Å². The molecule has 0 saturated carbocycles. The lowest BCUT2D eigenvalue weighted by Gasteiger charge is -1.89. The molecule has 56 valence electrons. The summed E-state index contributed by atoms with van der Waals surface area (Å²) in [7, 11) is 0. The molecule has 0 atom stereocenters. The van der Waals surface area contributed by atoms with Crippen LogP contribution >= 0.6 is 23.2 Å². The molecule has 0 aromatic heterocycles. The van der Waals surface area contributed by atoms with Crippen molar-refractivity contribution in [1.82, 2.24) is 0 Å². The number of hydrogen-bond donors (Lipinski definition) is 0. The Hall–Kier alpha value is -0.640. The Balaban J connectivity index is 2.87. The van der Waals surface area contributed by atoms with Crippen LogP contribution in [0.1, 0.15) is 5.56 Å². The van der Waals surface area contributed by atoms with Crippen molar-refractivity contribution in [3.05, 3.63) is 34.9 Å². The number of rotatable bonds is 0. The fraction of sp³-hybridized carbons (Fsp3) is 0.111. The minimum atomic E-state index is 0.354. The van der Waals surface area contributed by atoms with E-state index in [-0.39, 0.29) is 0 Å². The first-order valence-electron chi connectivity index (χ1n) is 3.13. The highest BCUT2D eigenvalue weighted by Gasteiger charge is 1.86. The van der Waals surface area contributed by atoms with Gasteiger partial charge >= 0.3 is 0 Å². The van der Waals surface area contributed by atoms with E-state index < -0.39 is 0 Å². The fourth-order valence-electron chi connectivity index (χ4n) is 0.702. The Bertz CT molecular complexity index is 294. The molecular formula is C9H6Cl2. The number of alkyl halides is 1. The molecule has 0 nitrogen and oxygen atoms in total. The molecule has 1 aromatic carbocycles. The van der Waals surface area contributed by atoms with Gasteiger partial charge < -0.3 is 0 Å². The van der Waals surface area contributed by atoms with Crippen molar-refractivity contribution in [1.29, 1.82) is 0 Å². The molecule has 0 saturated heterocycles. The zero-order chi connectivity index (χ0) is 8.10. The molecule has 0 N–H and O–H groups in total. The third-order valence-corrected chi connectivity index (χ3v) is 1.49. The van der Waals surface area contributed by atoms with Crippen LogP contribution in [0.5, 0.6) is 0 Å². The van der Waals surface area contributed by atoms with E-state index >= 15 is 0 Å². The monoisotopic (exact) mass is 184 g/mol. The van der Waals surface area contributed by atoms with Crippen molar-refractivity contribution in [3.63, 3.8) is 0 Å². The smallest absolute Gasteiger partial charge is 0.0839 e. The number of halogens is 2. The first-order chi connectivity index (χ1) is 5.33. The predicted octanol–water partition coefficient (Wildman–Crippen LogP) is 2.93. The molecule has 1 aromatic rings. The molecule has 0 heterocycles. The summed E-state index contributed by atoms with van der Waals surface area (Å²) in [6.45, 7) is 0. The van der Waals surface area contributed by atoms with E-state index in [4.69, 9.17) is 23.2 Å². The van der Waals surface area contributed by atoms with Gasteiger partial charge in [0.25, 0.3) is 0 Å². The molecule has 11 heavy (non-hydrogen) atoms. The molecular weight excluding hydrogens is 179 g/mol. The maximum atomic E-state index is 5.72. The van der Waals surface area contributed by atoms with Crippen LogP contribution in [0, 0.1) is 11.8 Å². The quantitative estimate of drug-likeness (QED) is 0.430. The van der Waals surface area contributed by atoms with E-state index in [0.717, 1.165) is 5.56 Å². The molecule has 1 rings (SSSR count). The van der Waals surface area contributed by atoms with Crippen molar-refractivity contribution in [2.45, 2.75) is 0 Å². The Labute approximate surface area is 76.1 Å². The van der Waals surface area contributed by atoms with E-state index in [1.165, 1.54) is 0 Å². The maximum Gasteiger partial charge on any atom is 0.0839 e. The number of hydrogen-bond acceptors (Lipinski definition) is 0. The van der Waals surface area contributed by atoms with Crippen molar-refractivity contribution in [3.8, 4) is 11.8 Å². The van der Waals surface area contributed by atoms with Crippen LogP contribution in [0.2, 0.25) is 5.02 Å². The molecule has 2 heteroatoms. The van der Waals surface area contributed by atoms with Crippen molar-refractivity contribution in [2.75, 3.05) is 5.88 Å². The topological polar surface area (TPSA) is 0 Å². The molecule has 0 fully saturated rings. The van der Waals surface area contributed by atoms with Crippen LogP contribution in [-0.2, 0) is 0 Å². The lowest BCUT2D eigenvalue weighted by atomic mass is 10.2. The summed E-state index contributed by atoms with van der Waals surface area (Å²) < 4.78 is 0. The van der Waals surface area contributed by atoms with Crippen molar-refractivity contribution >= 4 is 23.2 Å². The van der Waals surface area contributed by atoms with E-state index in [0.29, 0.717) is 10.9 Å². The van der Waals surface area contributed by atoms with E-state index in [9.17, 15) is 0 Å². The molecule has 0 unspecified atom stereocenters. The SMILES string of the molecule is ClCC#Cc1cccc(Cl)c1. The van der Waals surface area contributed by atoms with Crippen LogP contribution in [0.15, 0.2) is 24.3 Å². The average Bonchev–Trinajstić information content (AvgIpc) is 2.01. The van der Waals surface area contributed by atoms with Gasteiger partial charge in [0.15, 0.2) is 0 Å². The molecule has 0 radical (unpaired) electrons. The highest BCUT2D eigenvalue weighted by molar-refractivity contribution is 6.30. The van der Waals surface area contributed by atoms with Gasteiger partial charge in [0.1, 0.15) is 0 Å². The minimum absolute atomic E-state index is 0.354. The summed E-state index contributed by atoms with van der Waals surface area (Å²) in [4.78, 5) is 0. The summed E-state index contributed by atoms with van der Waals surface area (Å²) in [5, 5.41) is 0.700. The fourth-order valence-corrected chi connectivity index (χ4v) is 0.959. The van der Waals surface area contributed by atoms with E-state index in [1.54, 1.807) is 6.07 Å². The van der Waals surface area contributed by atoms with Gasteiger partial charge in [0, 0.05) is 10.6 Å². The Morgan fingerprint density at radius 2 is 2.18 bits per heavy atom. The third-order valence-electron chi connectivity index (χ3n) is 1.12. The zero-order valence-corrected chi connectivity index (χ0v) is 7.28. The molecule has 0 amide bonds. The largest absolute Gasteiger partial charge is 0.113 e. The van der Waals surface area contributed by atoms with Crippen LogP contribution in [0.25, 0.3) is 0 Å². The maximum absolute atomic E-state index is 5.72. The van der Waals surface area contributed by atoms with Gasteiger partial charge in [-0.1, -0.05) is 29.5 Å². The summed E-state index contributed by atoms with van der Waals surface area (Å²) in [6, 6.07) is 7.38. The lowest BCUT2D eigenvalue weighted by Crippen LogP contribution is -1.72. The minimum Gasteiger partial charge on any atom is -0.113 e. The van der Waals surface area contributed by atoms with Crippen LogP contribution < -0.4 is 0 Å². The lowest BCUT2D eigenvalue weighted by molar-refractivity contribution is 1.64. The first-order valence-corrected chi connectivity index (χ1v) is 4.04. The van der Waals surface area contributed by atoms with Gasteiger partial charge in [0.2, 0.25) is 0 Å². The second-order valence-electron chi connectivity index (χ2n) is 1.95. The average molecular weight is 185 g/mol. The molecule has 0 aliphatic carbocycles. The molecule has 0 bridgehead atoms. The zero-order valence-electron chi connectivity index (χ0n) is 5.77. The van der Waals surface area contributed by atoms with Crippen LogP contribution in [0.4, 0.5) is 0 Å². The van der Waals surface area contributed by atoms with E-state index in [2.05, 4.69) is 11.8 Å². The molecule has 0 spiro atoms. The highest BCUT2D eigenvalue weighted by atomic mass is 35.5. The second kappa shape index (κ2) is 4.28. The van der Waals surface area contributed by atoms with Crippen molar-refractivity contribution < 1.29 is 0 Å². The standard InChI is InChI=1S/C9H6Cl2/c10-6-2-4-8-3-1-5-9(11)7-8/h1,3,5,7H,6H2. The van der Waals surface area contributed by atoms with Gasteiger partial charge in [-0.15, -0.1) is 11.6 Å². The summed E-state index contributed by atoms with van der Waals surface area (Å²) >= 11 is 11.1. The van der Waals surface area contributed by atoms with Crippen LogP contribution in [-0.4, -0.2) is 5.88 Å². The summed E-state index contributed by atoms with van der Waals surface area (Å²) in [5.74, 6) is 5.97. The van der Waals surface area contributed by atoms with Gasteiger partial charge in [-0.3, -0.25) is 0 Å². The van der Waals surface area contributed by atoms with Gasteiger partial charge in [-0.25, -0.2) is 0 Å². The Kier molecular flexibility index (Phi) is 3.29. The Morgan fingerprint density at radius 1 is 1.36 bits per heavy atom. The van der Waals surface area contributed by atoms with Crippen molar-refractivity contribution in [2.24, 2.45) is 0 Å². The first kappa shape index (κ1) is 8.46.